The number of H-pyrrole nitrogens is 1. The van der Waals surface area contributed by atoms with Crippen LogP contribution in [0.15, 0.2) is 12.5 Å². The molecule has 0 spiro atoms. The fourth-order valence-electron chi connectivity index (χ4n) is 0.806. The maximum atomic E-state index is 10.8. The zero-order valence-electron chi connectivity index (χ0n) is 6.17. The van der Waals surface area contributed by atoms with Crippen LogP contribution < -0.4 is 0 Å². The van der Waals surface area contributed by atoms with E-state index >= 15 is 0 Å². The van der Waals surface area contributed by atoms with Crippen molar-refractivity contribution in [2.24, 2.45) is 5.92 Å². The summed E-state index contributed by atoms with van der Waals surface area (Å²) in [5.74, 6) is 0.0797. The van der Waals surface area contributed by atoms with Crippen LogP contribution in [0.5, 0.6) is 0 Å². The third-order valence-corrected chi connectivity index (χ3v) is 2.53. The molecular weight excluding hydrogens is 255 g/mol. The lowest BCUT2D eigenvalue weighted by Gasteiger charge is -2.02. The van der Waals surface area contributed by atoms with Gasteiger partial charge in [-0.25, -0.2) is 4.98 Å². The fraction of sp³-hybridized carbons (Fsp3) is 0.429. The van der Waals surface area contributed by atoms with Gasteiger partial charge in [0.05, 0.1) is 6.33 Å². The molecule has 0 aliphatic heterocycles. The number of carbonyl (C=O) groups is 1. The Bertz CT molecular complexity index is 233. The van der Waals surface area contributed by atoms with Crippen LogP contribution in [0, 0.1) is 5.92 Å². The average molecular weight is 264 g/mol. The zero-order chi connectivity index (χ0) is 8.27. The molecule has 0 aliphatic carbocycles. The van der Waals surface area contributed by atoms with Crippen LogP contribution in [0.1, 0.15) is 12.6 Å². The molecule has 1 unspecified atom stereocenters. The number of imidazole rings is 1. The molecule has 1 N–H and O–H groups in total. The Morgan fingerprint density at radius 2 is 2.64 bits per heavy atom. The maximum Gasteiger partial charge on any atom is 0.195 e. The summed E-state index contributed by atoms with van der Waals surface area (Å²) >= 11 is 1.82. The molecular formula is C7H9IN2O. The number of nitrogens with one attached hydrogen (secondary N) is 1. The van der Waals surface area contributed by atoms with E-state index in [1.54, 1.807) is 12.5 Å². The van der Waals surface area contributed by atoms with Gasteiger partial charge in [-0.3, -0.25) is 4.79 Å². The highest BCUT2D eigenvalue weighted by atomic mass is 127. The predicted molar refractivity (Wildman–Crippen MR) is 50.5 cm³/mol. The van der Waals surface area contributed by atoms with Crippen LogP contribution in [0.4, 0.5) is 0 Å². The predicted octanol–water partition coefficient (Wildman–Crippen LogP) is 1.55. The zero-order valence-corrected chi connectivity index (χ0v) is 8.33. The SMILES string of the molecule is CC(Cc1cnc[nH]1)C(=O)I. The van der Waals surface area contributed by atoms with E-state index in [0.717, 1.165) is 12.1 Å². The highest BCUT2D eigenvalue weighted by Gasteiger charge is 2.09. The summed E-state index contributed by atoms with van der Waals surface area (Å²) in [7, 11) is 0. The lowest BCUT2D eigenvalue weighted by molar-refractivity contribution is -0.112. The van der Waals surface area contributed by atoms with E-state index in [-0.39, 0.29) is 9.71 Å². The highest BCUT2D eigenvalue weighted by Crippen LogP contribution is 2.09. The van der Waals surface area contributed by atoms with Crippen molar-refractivity contribution in [3.63, 3.8) is 0 Å². The molecule has 11 heavy (non-hydrogen) atoms. The van der Waals surface area contributed by atoms with Crippen LogP contribution >= 0.6 is 22.6 Å². The standard InChI is InChI=1S/C7H9IN2O/c1-5(7(8)11)2-6-3-9-4-10-6/h3-5H,2H2,1H3,(H,9,10). The first-order valence-electron chi connectivity index (χ1n) is 3.36. The van der Waals surface area contributed by atoms with Crippen molar-refractivity contribution in [1.29, 1.82) is 0 Å². The summed E-state index contributed by atoms with van der Waals surface area (Å²) in [6, 6.07) is 0. The van der Waals surface area contributed by atoms with E-state index in [2.05, 4.69) is 9.97 Å². The molecule has 1 atom stereocenters. The molecule has 0 saturated heterocycles. The molecule has 3 nitrogen and oxygen atoms in total. The molecule has 0 saturated carbocycles. The Morgan fingerprint density at radius 3 is 3.09 bits per heavy atom. The van der Waals surface area contributed by atoms with Gasteiger partial charge in [-0.05, 0) is 29.0 Å². The first-order chi connectivity index (χ1) is 5.20. The molecule has 0 radical (unpaired) electrons. The smallest absolute Gasteiger partial charge is 0.195 e. The summed E-state index contributed by atoms with van der Waals surface area (Å²) in [5, 5.41) is 0. The molecule has 1 aromatic heterocycles. The number of hydrogen-bond acceptors (Lipinski definition) is 2. The van der Waals surface area contributed by atoms with Crippen LogP contribution in [0.3, 0.4) is 0 Å². The van der Waals surface area contributed by atoms with Gasteiger partial charge in [0.15, 0.2) is 3.79 Å². The van der Waals surface area contributed by atoms with E-state index < -0.39 is 0 Å². The number of hydrogen-bond donors (Lipinski definition) is 1. The van der Waals surface area contributed by atoms with E-state index in [1.165, 1.54) is 0 Å². The highest BCUT2D eigenvalue weighted by molar-refractivity contribution is 14.1. The number of nitrogens with zero attached hydrogens (tertiary/aromatic N) is 1. The average Bonchev–Trinajstić information content (AvgIpc) is 2.39. The Labute approximate surface area is 78.7 Å². The minimum atomic E-state index is 0.0797. The molecule has 0 fully saturated rings. The van der Waals surface area contributed by atoms with Gasteiger partial charge in [-0.15, -0.1) is 0 Å². The Kier molecular flexibility index (Phi) is 3.04. The fourth-order valence-corrected chi connectivity index (χ4v) is 1.03. The number of aromatic nitrogens is 2. The molecule has 0 aliphatic rings. The molecule has 1 heterocycles. The van der Waals surface area contributed by atoms with Gasteiger partial charge in [0.2, 0.25) is 0 Å². The number of aromatic amines is 1. The molecule has 0 amide bonds. The quantitative estimate of drug-likeness (QED) is 0.665. The van der Waals surface area contributed by atoms with Crippen LogP contribution in [-0.4, -0.2) is 13.8 Å². The molecule has 0 aromatic carbocycles. The molecule has 1 aromatic rings. The van der Waals surface area contributed by atoms with E-state index in [4.69, 9.17) is 0 Å². The summed E-state index contributed by atoms with van der Waals surface area (Å²) in [4.78, 5) is 17.6. The summed E-state index contributed by atoms with van der Waals surface area (Å²) < 4.78 is 0.192. The Balaban J connectivity index is 2.50. The van der Waals surface area contributed by atoms with E-state index in [1.807, 2.05) is 29.5 Å². The topological polar surface area (TPSA) is 45.8 Å². The van der Waals surface area contributed by atoms with E-state index in [0.29, 0.717) is 0 Å². The normalized spacial score (nSPS) is 12.9. The summed E-state index contributed by atoms with van der Waals surface area (Å²) in [5.41, 5.74) is 1.02. The Hall–Kier alpha value is -0.390. The van der Waals surface area contributed by atoms with Gasteiger partial charge in [0, 0.05) is 17.8 Å². The number of halogens is 1. The van der Waals surface area contributed by atoms with Gasteiger partial charge in [0.25, 0.3) is 0 Å². The number of rotatable bonds is 3. The van der Waals surface area contributed by atoms with Gasteiger partial charge in [0.1, 0.15) is 0 Å². The minimum Gasteiger partial charge on any atom is -0.348 e. The summed E-state index contributed by atoms with van der Waals surface area (Å²) in [6.07, 6.45) is 4.12. The van der Waals surface area contributed by atoms with Crippen molar-refractivity contribution in [2.75, 3.05) is 0 Å². The van der Waals surface area contributed by atoms with Crippen molar-refractivity contribution in [1.82, 2.24) is 9.97 Å². The molecule has 0 bridgehead atoms. The monoisotopic (exact) mass is 264 g/mol. The van der Waals surface area contributed by atoms with Crippen molar-refractivity contribution in [2.45, 2.75) is 13.3 Å². The van der Waals surface area contributed by atoms with Gasteiger partial charge < -0.3 is 4.98 Å². The van der Waals surface area contributed by atoms with E-state index in [9.17, 15) is 4.79 Å². The van der Waals surface area contributed by atoms with Gasteiger partial charge >= 0.3 is 0 Å². The van der Waals surface area contributed by atoms with Crippen molar-refractivity contribution < 1.29 is 4.79 Å². The van der Waals surface area contributed by atoms with Gasteiger partial charge in [-0.1, -0.05) is 6.92 Å². The van der Waals surface area contributed by atoms with Gasteiger partial charge in [-0.2, -0.15) is 0 Å². The van der Waals surface area contributed by atoms with Crippen molar-refractivity contribution in [3.05, 3.63) is 18.2 Å². The first kappa shape index (κ1) is 8.70. The molecule has 60 valence electrons. The molecule has 1 rings (SSSR count). The third-order valence-electron chi connectivity index (χ3n) is 1.47. The second-order valence-corrected chi connectivity index (χ2v) is 3.55. The largest absolute Gasteiger partial charge is 0.348 e. The third kappa shape index (κ3) is 2.61. The first-order valence-corrected chi connectivity index (χ1v) is 4.44. The van der Waals surface area contributed by atoms with Crippen LogP contribution in [-0.2, 0) is 11.2 Å². The second-order valence-electron chi connectivity index (χ2n) is 2.49. The van der Waals surface area contributed by atoms with Crippen molar-refractivity contribution >= 4 is 26.4 Å². The van der Waals surface area contributed by atoms with Crippen molar-refractivity contribution in [3.8, 4) is 0 Å². The minimum absolute atomic E-state index is 0.0797. The second kappa shape index (κ2) is 3.85. The maximum absolute atomic E-state index is 10.8. The lowest BCUT2D eigenvalue weighted by Crippen LogP contribution is -2.06. The lowest BCUT2D eigenvalue weighted by atomic mass is 10.1. The summed E-state index contributed by atoms with van der Waals surface area (Å²) in [6.45, 7) is 1.91. The van der Waals surface area contributed by atoms with Crippen LogP contribution in [0.2, 0.25) is 0 Å². The van der Waals surface area contributed by atoms with Crippen LogP contribution in [0.25, 0.3) is 0 Å². The number of carbonyl (C=O) groups excluding carboxylic acids is 1. The Morgan fingerprint density at radius 1 is 1.91 bits per heavy atom. The molecule has 4 heteroatoms.